The molecule has 0 aliphatic carbocycles. The van der Waals surface area contributed by atoms with Crippen LogP contribution in [0.1, 0.15) is 12.1 Å². The number of aromatic nitrogens is 4. The van der Waals surface area contributed by atoms with Crippen LogP contribution >= 0.6 is 0 Å². The Morgan fingerprint density at radius 2 is 1.74 bits per heavy atom. The van der Waals surface area contributed by atoms with Crippen molar-refractivity contribution in [2.24, 2.45) is 0 Å². The minimum absolute atomic E-state index is 0.0259. The Kier molecular flexibility index (Phi) is 4.61. The summed E-state index contributed by atoms with van der Waals surface area (Å²) in [6.45, 7) is 1.35. The van der Waals surface area contributed by atoms with E-state index < -0.39 is 24.0 Å². The largest absolute Gasteiger partial charge is 0.490 e. The zero-order chi connectivity index (χ0) is 20.0. The summed E-state index contributed by atoms with van der Waals surface area (Å²) in [5.41, 5.74) is -0.930. The summed E-state index contributed by atoms with van der Waals surface area (Å²) >= 11 is 0. The molecule has 0 saturated carbocycles. The van der Waals surface area contributed by atoms with Gasteiger partial charge in [-0.05, 0) is 6.42 Å². The van der Waals surface area contributed by atoms with E-state index in [1.165, 1.54) is 10.8 Å². The molecular weight excluding hydrogens is 386 g/mol. The number of nitrogens with zero attached hydrogens (tertiary/aromatic N) is 5. The number of halogens is 6. The van der Waals surface area contributed by atoms with E-state index in [0.717, 1.165) is 12.5 Å². The number of anilines is 1. The van der Waals surface area contributed by atoms with Crippen LogP contribution < -0.4 is 10.2 Å². The van der Waals surface area contributed by atoms with Crippen LogP contribution in [0.25, 0.3) is 5.78 Å². The van der Waals surface area contributed by atoms with Crippen molar-refractivity contribution in [2.45, 2.75) is 30.9 Å². The standard InChI is InChI=1S/C11H11F3N6.C2HF3O2/c12-11(13,14)8-2-9(20-10(18-8)15-5-16-20)19-3-6-1-7(4-19)17-6;3-2(4,5)1(6)7/h2,5-7,17H,1,3-4H2;(H,6,7). The number of fused-ring (bicyclic) bond motifs is 3. The van der Waals surface area contributed by atoms with Crippen LogP contribution in [0.5, 0.6) is 0 Å². The number of carbonyl (C=O) groups is 1. The fourth-order valence-corrected chi connectivity index (χ4v) is 2.87. The smallest absolute Gasteiger partial charge is 0.475 e. The van der Waals surface area contributed by atoms with Gasteiger partial charge in [-0.3, -0.25) is 0 Å². The van der Waals surface area contributed by atoms with Crippen LogP contribution in [0.3, 0.4) is 0 Å². The van der Waals surface area contributed by atoms with Gasteiger partial charge in [0.15, 0.2) is 5.69 Å². The highest BCUT2D eigenvalue weighted by molar-refractivity contribution is 5.73. The fourth-order valence-electron chi connectivity index (χ4n) is 2.87. The molecule has 8 nitrogen and oxygen atoms in total. The van der Waals surface area contributed by atoms with Crippen molar-refractivity contribution >= 4 is 17.6 Å². The Hall–Kier alpha value is -2.64. The maximum atomic E-state index is 12.9. The van der Waals surface area contributed by atoms with Crippen molar-refractivity contribution < 1.29 is 36.2 Å². The van der Waals surface area contributed by atoms with Crippen molar-refractivity contribution in [2.75, 3.05) is 18.0 Å². The Bertz CT molecular complexity index is 834. The summed E-state index contributed by atoms with van der Waals surface area (Å²) in [6, 6.07) is 1.73. The molecule has 5 rings (SSSR count). The maximum absolute atomic E-state index is 12.9. The first-order chi connectivity index (χ1) is 12.4. The maximum Gasteiger partial charge on any atom is 0.490 e. The van der Waals surface area contributed by atoms with Gasteiger partial charge in [0.25, 0.3) is 5.78 Å². The predicted molar refractivity (Wildman–Crippen MR) is 77.0 cm³/mol. The van der Waals surface area contributed by atoms with Crippen LogP contribution in [0.2, 0.25) is 0 Å². The molecule has 2 aromatic rings. The number of hydrogen-bond acceptors (Lipinski definition) is 6. The second kappa shape index (κ2) is 6.51. The lowest BCUT2D eigenvalue weighted by Gasteiger charge is -2.49. The molecule has 2 N–H and O–H groups in total. The minimum atomic E-state index is -5.08. The van der Waals surface area contributed by atoms with E-state index in [4.69, 9.17) is 9.90 Å². The van der Waals surface area contributed by atoms with Crippen molar-refractivity contribution in [3.63, 3.8) is 0 Å². The van der Waals surface area contributed by atoms with Gasteiger partial charge in [-0.25, -0.2) is 9.78 Å². The van der Waals surface area contributed by atoms with Gasteiger partial charge in [-0.1, -0.05) is 0 Å². The third kappa shape index (κ3) is 4.04. The predicted octanol–water partition coefficient (Wildman–Crippen LogP) is 1.33. The van der Waals surface area contributed by atoms with Crippen LogP contribution in [-0.4, -0.2) is 62.0 Å². The number of rotatable bonds is 1. The number of aliphatic carboxylic acids is 1. The molecule has 27 heavy (non-hydrogen) atoms. The second-order valence-electron chi connectivity index (χ2n) is 5.97. The molecular formula is C13H12F6N6O2. The highest BCUT2D eigenvalue weighted by atomic mass is 19.4. The quantitative estimate of drug-likeness (QED) is 0.700. The van der Waals surface area contributed by atoms with Crippen LogP contribution in [0.4, 0.5) is 32.2 Å². The lowest BCUT2D eigenvalue weighted by atomic mass is 9.91. The number of alkyl halides is 6. The number of hydrogen-bond donors (Lipinski definition) is 2. The highest BCUT2D eigenvalue weighted by Gasteiger charge is 2.40. The highest BCUT2D eigenvalue weighted by Crippen LogP contribution is 2.32. The molecule has 0 radical (unpaired) electrons. The van der Waals surface area contributed by atoms with E-state index in [9.17, 15) is 26.3 Å². The molecule has 2 aromatic heterocycles. The Labute approximate surface area is 146 Å². The molecule has 148 valence electrons. The molecule has 2 bridgehead atoms. The average Bonchev–Trinajstić information content (AvgIpc) is 3.00. The molecule has 0 spiro atoms. The second-order valence-corrected chi connectivity index (χ2v) is 5.97. The van der Waals surface area contributed by atoms with E-state index in [1.54, 1.807) is 0 Å². The van der Waals surface area contributed by atoms with E-state index in [1.807, 2.05) is 4.90 Å². The van der Waals surface area contributed by atoms with Gasteiger partial charge in [-0.15, -0.1) is 0 Å². The third-order valence-corrected chi connectivity index (χ3v) is 4.01. The molecule has 14 heteroatoms. The molecule has 0 amide bonds. The van der Waals surface area contributed by atoms with E-state index in [-0.39, 0.29) is 5.78 Å². The fraction of sp³-hybridized carbons (Fsp3) is 0.538. The minimum Gasteiger partial charge on any atom is -0.475 e. The SMILES string of the molecule is FC(F)(F)c1cc(N2CC3CC(C2)N3)n2ncnc2n1.O=C(O)C(F)(F)F. The summed E-state index contributed by atoms with van der Waals surface area (Å²) in [4.78, 5) is 18.1. The Morgan fingerprint density at radius 1 is 1.19 bits per heavy atom. The van der Waals surface area contributed by atoms with Crippen molar-refractivity contribution in [1.82, 2.24) is 24.9 Å². The summed E-state index contributed by atoms with van der Waals surface area (Å²) in [5.74, 6) is -2.38. The summed E-state index contributed by atoms with van der Waals surface area (Å²) in [5, 5.41) is 14.4. The molecule has 5 heterocycles. The van der Waals surface area contributed by atoms with Crippen molar-refractivity contribution in [1.29, 1.82) is 0 Å². The summed E-state index contributed by atoms with van der Waals surface area (Å²) in [7, 11) is 0. The molecule has 3 fully saturated rings. The van der Waals surface area contributed by atoms with E-state index in [2.05, 4.69) is 20.4 Å². The molecule has 2 atom stereocenters. The first-order valence-electron chi connectivity index (χ1n) is 7.54. The lowest BCUT2D eigenvalue weighted by molar-refractivity contribution is -0.192. The topological polar surface area (TPSA) is 95.7 Å². The number of piperidine rings is 1. The van der Waals surface area contributed by atoms with E-state index in [0.29, 0.717) is 31.0 Å². The molecule has 3 saturated heterocycles. The molecule has 0 aromatic carbocycles. The number of piperazine rings is 1. The van der Waals surface area contributed by atoms with E-state index >= 15 is 0 Å². The van der Waals surface area contributed by atoms with Crippen LogP contribution in [0.15, 0.2) is 12.4 Å². The van der Waals surface area contributed by atoms with Gasteiger partial charge in [0.2, 0.25) is 0 Å². The zero-order valence-corrected chi connectivity index (χ0v) is 13.3. The Balaban J connectivity index is 0.000000260. The van der Waals surface area contributed by atoms with Crippen molar-refractivity contribution in [3.05, 3.63) is 18.1 Å². The molecule has 2 unspecified atom stereocenters. The monoisotopic (exact) mass is 398 g/mol. The summed E-state index contributed by atoms with van der Waals surface area (Å²) < 4.78 is 71.8. The first-order valence-corrected chi connectivity index (χ1v) is 7.54. The van der Waals surface area contributed by atoms with Crippen molar-refractivity contribution in [3.8, 4) is 0 Å². The number of carboxylic acids is 1. The molecule has 3 aliphatic rings. The van der Waals surface area contributed by atoms with Gasteiger partial charge in [0.05, 0.1) is 0 Å². The zero-order valence-electron chi connectivity index (χ0n) is 13.3. The molecule has 3 aliphatic heterocycles. The van der Waals surface area contributed by atoms with Gasteiger partial charge in [-0.2, -0.15) is 40.9 Å². The van der Waals surface area contributed by atoms with Crippen LogP contribution in [-0.2, 0) is 11.0 Å². The number of carboxylic acid groups (broad SMARTS) is 1. The number of nitrogens with one attached hydrogen (secondary N) is 1. The van der Waals surface area contributed by atoms with Gasteiger partial charge in [0.1, 0.15) is 12.1 Å². The van der Waals surface area contributed by atoms with Gasteiger partial charge >= 0.3 is 18.3 Å². The Morgan fingerprint density at radius 3 is 2.22 bits per heavy atom. The summed E-state index contributed by atoms with van der Waals surface area (Å²) in [6.07, 6.45) is -7.28. The average molecular weight is 398 g/mol. The first kappa shape index (κ1) is 19.1. The third-order valence-electron chi connectivity index (χ3n) is 4.01. The van der Waals surface area contributed by atoms with Gasteiger partial charge in [0, 0.05) is 31.2 Å². The van der Waals surface area contributed by atoms with Gasteiger partial charge < -0.3 is 15.3 Å². The lowest BCUT2D eigenvalue weighted by Crippen LogP contribution is -2.67. The van der Waals surface area contributed by atoms with Crippen LogP contribution in [0, 0.1) is 0 Å². The normalized spacial score (nSPS) is 22.1.